The Morgan fingerprint density at radius 2 is 1.59 bits per heavy atom. The van der Waals surface area contributed by atoms with Gasteiger partial charge in [-0.15, -0.1) is 0 Å². The summed E-state index contributed by atoms with van der Waals surface area (Å²) in [6.45, 7) is 6.83. The molecule has 0 radical (unpaired) electrons. The molecule has 4 heteroatoms. The highest BCUT2D eigenvalue weighted by atomic mass is 15.1. The number of aromatic nitrogens is 2. The summed E-state index contributed by atoms with van der Waals surface area (Å²) in [6.07, 6.45) is 14.5. The molecular formula is C18H34N4. The van der Waals surface area contributed by atoms with Gasteiger partial charge in [-0.05, 0) is 25.8 Å². The standard InChI is InChI=1S/C18H34N4/c1-4-6-8-10-13-18(3,14-11-9-7-5-2)22-16-12-15-20-17(19)21-16/h12,15H,4-11,13-14H2,1-3H3,(H3,19,20,21,22). The number of nitrogens with two attached hydrogens (primary N) is 1. The van der Waals surface area contributed by atoms with Crippen LogP contribution in [0.15, 0.2) is 12.3 Å². The Balaban J connectivity index is 2.58. The van der Waals surface area contributed by atoms with Gasteiger partial charge in [0.05, 0.1) is 0 Å². The van der Waals surface area contributed by atoms with E-state index in [0.717, 1.165) is 5.82 Å². The van der Waals surface area contributed by atoms with Gasteiger partial charge in [-0.25, -0.2) is 4.98 Å². The highest BCUT2D eigenvalue weighted by molar-refractivity contribution is 5.39. The van der Waals surface area contributed by atoms with E-state index in [1.165, 1.54) is 64.2 Å². The molecule has 1 aromatic heterocycles. The normalized spacial score (nSPS) is 11.6. The summed E-state index contributed by atoms with van der Waals surface area (Å²) in [7, 11) is 0. The summed E-state index contributed by atoms with van der Waals surface area (Å²) < 4.78 is 0. The van der Waals surface area contributed by atoms with Crippen molar-refractivity contribution < 1.29 is 0 Å². The summed E-state index contributed by atoms with van der Waals surface area (Å²) in [5.74, 6) is 1.19. The molecule has 0 amide bonds. The van der Waals surface area contributed by atoms with Crippen molar-refractivity contribution in [2.45, 2.75) is 90.5 Å². The second kappa shape index (κ2) is 10.4. The lowest BCUT2D eigenvalue weighted by Gasteiger charge is -2.32. The van der Waals surface area contributed by atoms with Gasteiger partial charge in [-0.2, -0.15) is 4.98 Å². The smallest absolute Gasteiger partial charge is 0.221 e. The third-order valence-electron chi connectivity index (χ3n) is 4.27. The maximum atomic E-state index is 5.69. The number of anilines is 2. The average molecular weight is 306 g/mol. The molecule has 22 heavy (non-hydrogen) atoms. The lowest BCUT2D eigenvalue weighted by Crippen LogP contribution is -2.35. The topological polar surface area (TPSA) is 63.8 Å². The van der Waals surface area contributed by atoms with Gasteiger partial charge in [0.2, 0.25) is 5.95 Å². The largest absolute Gasteiger partial charge is 0.368 e. The molecule has 0 saturated heterocycles. The first-order valence-corrected chi connectivity index (χ1v) is 8.96. The van der Waals surface area contributed by atoms with Crippen LogP contribution in [0.25, 0.3) is 0 Å². The van der Waals surface area contributed by atoms with Gasteiger partial charge in [-0.3, -0.25) is 0 Å². The van der Waals surface area contributed by atoms with Crippen LogP contribution in [0.5, 0.6) is 0 Å². The van der Waals surface area contributed by atoms with Crippen molar-refractivity contribution in [3.8, 4) is 0 Å². The van der Waals surface area contributed by atoms with E-state index in [1.54, 1.807) is 6.20 Å². The van der Waals surface area contributed by atoms with Crippen LogP contribution in [0.3, 0.4) is 0 Å². The monoisotopic (exact) mass is 306 g/mol. The highest BCUT2D eigenvalue weighted by Gasteiger charge is 2.23. The summed E-state index contributed by atoms with van der Waals surface area (Å²) in [5, 5.41) is 3.62. The van der Waals surface area contributed by atoms with Crippen LogP contribution in [0.2, 0.25) is 0 Å². The number of hydrogen-bond acceptors (Lipinski definition) is 4. The zero-order chi connectivity index (χ0) is 16.3. The van der Waals surface area contributed by atoms with Gasteiger partial charge >= 0.3 is 0 Å². The molecule has 0 aliphatic heterocycles. The van der Waals surface area contributed by atoms with E-state index in [0.29, 0.717) is 5.95 Å². The van der Waals surface area contributed by atoms with E-state index < -0.39 is 0 Å². The van der Waals surface area contributed by atoms with Gasteiger partial charge in [0.15, 0.2) is 0 Å². The molecule has 1 aromatic rings. The molecule has 0 unspecified atom stereocenters. The highest BCUT2D eigenvalue weighted by Crippen LogP contribution is 2.26. The third kappa shape index (κ3) is 7.62. The van der Waals surface area contributed by atoms with Crippen LogP contribution < -0.4 is 11.1 Å². The van der Waals surface area contributed by atoms with E-state index in [2.05, 4.69) is 36.1 Å². The Hall–Kier alpha value is -1.32. The molecule has 0 atom stereocenters. The Kier molecular flexibility index (Phi) is 8.86. The second-order valence-corrected chi connectivity index (χ2v) is 6.61. The van der Waals surface area contributed by atoms with Gasteiger partial charge in [-0.1, -0.05) is 65.2 Å². The molecule has 1 heterocycles. The minimum atomic E-state index is 0.0995. The van der Waals surface area contributed by atoms with Crippen LogP contribution in [0.1, 0.15) is 85.0 Å². The summed E-state index contributed by atoms with van der Waals surface area (Å²) in [5.41, 5.74) is 5.79. The molecule has 0 aliphatic carbocycles. The van der Waals surface area contributed by atoms with E-state index in [-0.39, 0.29) is 5.54 Å². The van der Waals surface area contributed by atoms with Crippen molar-refractivity contribution in [1.29, 1.82) is 0 Å². The first-order valence-electron chi connectivity index (χ1n) is 8.96. The van der Waals surface area contributed by atoms with Crippen molar-refractivity contribution in [3.63, 3.8) is 0 Å². The van der Waals surface area contributed by atoms with Crippen molar-refractivity contribution in [2.24, 2.45) is 0 Å². The van der Waals surface area contributed by atoms with Gasteiger partial charge in [0.1, 0.15) is 5.82 Å². The maximum absolute atomic E-state index is 5.69. The number of nitrogens with one attached hydrogen (secondary N) is 1. The van der Waals surface area contributed by atoms with Crippen molar-refractivity contribution in [2.75, 3.05) is 11.1 Å². The molecule has 0 aromatic carbocycles. The molecule has 0 spiro atoms. The summed E-state index contributed by atoms with van der Waals surface area (Å²) >= 11 is 0. The third-order valence-corrected chi connectivity index (χ3v) is 4.27. The number of hydrogen-bond donors (Lipinski definition) is 2. The molecule has 0 fully saturated rings. The molecule has 0 saturated carbocycles. The fraction of sp³-hybridized carbons (Fsp3) is 0.778. The molecule has 4 nitrogen and oxygen atoms in total. The first-order chi connectivity index (χ1) is 10.6. The molecule has 3 N–H and O–H groups in total. The number of nitrogen functional groups attached to an aromatic ring is 1. The van der Waals surface area contributed by atoms with Crippen molar-refractivity contribution in [3.05, 3.63) is 12.3 Å². The lowest BCUT2D eigenvalue weighted by atomic mass is 9.88. The minimum Gasteiger partial charge on any atom is -0.368 e. The minimum absolute atomic E-state index is 0.0995. The Morgan fingerprint density at radius 3 is 2.09 bits per heavy atom. The van der Waals surface area contributed by atoms with Crippen LogP contribution in [0, 0.1) is 0 Å². The second-order valence-electron chi connectivity index (χ2n) is 6.61. The predicted octanol–water partition coefficient (Wildman–Crippen LogP) is 5.17. The SMILES string of the molecule is CCCCCCC(C)(CCCCCC)Nc1ccnc(N)n1. The molecule has 0 aliphatic rings. The fourth-order valence-corrected chi connectivity index (χ4v) is 2.89. The number of nitrogens with zero attached hydrogens (tertiary/aromatic N) is 2. The Bertz CT molecular complexity index is 394. The zero-order valence-corrected chi connectivity index (χ0v) is 14.7. The first kappa shape index (κ1) is 18.7. The van der Waals surface area contributed by atoms with Crippen LogP contribution in [0.4, 0.5) is 11.8 Å². The van der Waals surface area contributed by atoms with Crippen LogP contribution >= 0.6 is 0 Å². The fourth-order valence-electron chi connectivity index (χ4n) is 2.89. The number of unbranched alkanes of at least 4 members (excludes halogenated alkanes) is 6. The van der Waals surface area contributed by atoms with Crippen molar-refractivity contribution in [1.82, 2.24) is 9.97 Å². The average Bonchev–Trinajstić information content (AvgIpc) is 2.48. The summed E-state index contributed by atoms with van der Waals surface area (Å²) in [6, 6.07) is 1.91. The van der Waals surface area contributed by atoms with Gasteiger partial charge < -0.3 is 11.1 Å². The maximum Gasteiger partial charge on any atom is 0.221 e. The summed E-state index contributed by atoms with van der Waals surface area (Å²) in [4.78, 5) is 8.27. The Labute approximate surface area is 136 Å². The van der Waals surface area contributed by atoms with Crippen LogP contribution in [-0.4, -0.2) is 15.5 Å². The quantitative estimate of drug-likeness (QED) is 0.523. The predicted molar refractivity (Wildman–Crippen MR) is 96.0 cm³/mol. The lowest BCUT2D eigenvalue weighted by molar-refractivity contribution is 0.394. The molecule has 1 rings (SSSR count). The molecular weight excluding hydrogens is 272 g/mol. The van der Waals surface area contributed by atoms with Gasteiger partial charge in [0, 0.05) is 11.7 Å². The van der Waals surface area contributed by atoms with Crippen LogP contribution in [-0.2, 0) is 0 Å². The van der Waals surface area contributed by atoms with Crippen molar-refractivity contribution >= 4 is 11.8 Å². The Morgan fingerprint density at radius 1 is 1.00 bits per heavy atom. The number of rotatable bonds is 12. The van der Waals surface area contributed by atoms with E-state index in [1.807, 2.05) is 6.07 Å². The van der Waals surface area contributed by atoms with E-state index in [9.17, 15) is 0 Å². The van der Waals surface area contributed by atoms with E-state index in [4.69, 9.17) is 5.73 Å². The van der Waals surface area contributed by atoms with E-state index >= 15 is 0 Å². The zero-order valence-electron chi connectivity index (χ0n) is 14.7. The molecule has 126 valence electrons. The van der Waals surface area contributed by atoms with Gasteiger partial charge in [0.25, 0.3) is 0 Å². The molecule has 0 bridgehead atoms.